The Balaban J connectivity index is 1.59. The van der Waals surface area contributed by atoms with Crippen molar-refractivity contribution in [2.45, 2.75) is 45.4 Å². The van der Waals surface area contributed by atoms with Crippen molar-refractivity contribution in [3.8, 4) is 0 Å². The second-order valence-electron chi connectivity index (χ2n) is 5.52. The van der Waals surface area contributed by atoms with Gasteiger partial charge in [0.05, 0.1) is 0 Å². The summed E-state index contributed by atoms with van der Waals surface area (Å²) >= 11 is 0. The minimum Gasteiger partial charge on any atom is -0.466 e. The van der Waals surface area contributed by atoms with Gasteiger partial charge in [-0.1, -0.05) is 6.92 Å². The first-order valence-electron chi connectivity index (χ1n) is 7.63. The number of rotatable bonds is 9. The first-order valence-corrected chi connectivity index (χ1v) is 7.63. The van der Waals surface area contributed by atoms with Crippen LogP contribution in [-0.4, -0.2) is 25.7 Å². The number of nitrogens with one attached hydrogen (secondary N) is 1. The largest absolute Gasteiger partial charge is 0.466 e. The average Bonchev–Trinajstić information content (AvgIpc) is 2.99. The molecule has 20 heavy (non-hydrogen) atoms. The van der Waals surface area contributed by atoms with E-state index in [1.807, 2.05) is 13.0 Å². The van der Waals surface area contributed by atoms with Crippen molar-refractivity contribution < 1.29 is 13.9 Å². The van der Waals surface area contributed by atoms with Gasteiger partial charge in [-0.05, 0) is 37.8 Å². The van der Waals surface area contributed by atoms with Gasteiger partial charge in [0.2, 0.25) is 5.91 Å². The Morgan fingerprint density at radius 2 is 2.30 bits per heavy atom. The van der Waals surface area contributed by atoms with Crippen LogP contribution in [0.25, 0.3) is 0 Å². The third kappa shape index (κ3) is 4.67. The molecule has 1 saturated carbocycles. The molecule has 0 spiro atoms. The first kappa shape index (κ1) is 15.1. The number of ether oxygens (including phenoxy) is 1. The summed E-state index contributed by atoms with van der Waals surface area (Å²) < 4.78 is 11.0. The van der Waals surface area contributed by atoms with E-state index in [0.29, 0.717) is 31.9 Å². The normalized spacial score (nSPS) is 20.9. The van der Waals surface area contributed by atoms with Crippen molar-refractivity contribution in [2.24, 2.45) is 5.92 Å². The van der Waals surface area contributed by atoms with E-state index < -0.39 is 0 Å². The van der Waals surface area contributed by atoms with Crippen LogP contribution < -0.4 is 5.32 Å². The molecular weight excluding hydrogens is 254 g/mol. The van der Waals surface area contributed by atoms with Crippen LogP contribution in [0.2, 0.25) is 0 Å². The SMILES string of the molecule is CCOCCCNC(=O)CCc1ccc([C@@H]2C[C@H]2C)o1. The van der Waals surface area contributed by atoms with E-state index in [1.54, 1.807) is 0 Å². The van der Waals surface area contributed by atoms with Crippen LogP contribution in [0.15, 0.2) is 16.5 Å². The molecule has 0 aromatic carbocycles. The van der Waals surface area contributed by atoms with Gasteiger partial charge in [-0.3, -0.25) is 4.79 Å². The number of carbonyl (C=O) groups is 1. The van der Waals surface area contributed by atoms with Crippen LogP contribution in [0.4, 0.5) is 0 Å². The van der Waals surface area contributed by atoms with Gasteiger partial charge >= 0.3 is 0 Å². The van der Waals surface area contributed by atoms with Crippen LogP contribution in [0, 0.1) is 5.92 Å². The molecule has 0 aliphatic heterocycles. The highest BCUT2D eigenvalue weighted by atomic mass is 16.5. The van der Waals surface area contributed by atoms with Crippen molar-refractivity contribution in [2.75, 3.05) is 19.8 Å². The van der Waals surface area contributed by atoms with E-state index in [2.05, 4.69) is 18.3 Å². The molecule has 1 fully saturated rings. The predicted molar refractivity (Wildman–Crippen MR) is 77.7 cm³/mol. The standard InChI is InChI=1S/C16H25NO3/c1-3-19-10-4-9-17-16(18)8-6-13-5-7-15(20-13)14-11-12(14)2/h5,7,12,14H,3-4,6,8-11H2,1-2H3,(H,17,18)/t12-,14-/m1/s1. The molecule has 1 amide bonds. The number of hydrogen-bond donors (Lipinski definition) is 1. The summed E-state index contributed by atoms with van der Waals surface area (Å²) in [6, 6.07) is 4.06. The lowest BCUT2D eigenvalue weighted by molar-refractivity contribution is -0.121. The Kier molecular flexibility index (Phi) is 5.65. The van der Waals surface area contributed by atoms with Crippen LogP contribution in [0.1, 0.15) is 50.5 Å². The smallest absolute Gasteiger partial charge is 0.220 e. The number of aryl methyl sites for hydroxylation is 1. The molecule has 2 rings (SSSR count). The summed E-state index contributed by atoms with van der Waals surface area (Å²) in [5, 5.41) is 2.90. The van der Waals surface area contributed by atoms with E-state index >= 15 is 0 Å². The summed E-state index contributed by atoms with van der Waals surface area (Å²) in [4.78, 5) is 11.7. The molecule has 4 nitrogen and oxygen atoms in total. The lowest BCUT2D eigenvalue weighted by Crippen LogP contribution is -2.25. The topological polar surface area (TPSA) is 51.5 Å². The van der Waals surface area contributed by atoms with Crippen molar-refractivity contribution in [3.63, 3.8) is 0 Å². The van der Waals surface area contributed by atoms with Gasteiger partial charge in [0.1, 0.15) is 11.5 Å². The van der Waals surface area contributed by atoms with E-state index in [9.17, 15) is 4.79 Å². The molecular formula is C16H25NO3. The molecule has 4 heteroatoms. The Bertz CT molecular complexity index is 427. The Labute approximate surface area is 120 Å². The van der Waals surface area contributed by atoms with Gasteiger partial charge in [-0.15, -0.1) is 0 Å². The molecule has 112 valence electrons. The van der Waals surface area contributed by atoms with Gasteiger partial charge in [0.25, 0.3) is 0 Å². The quantitative estimate of drug-likeness (QED) is 0.707. The number of carbonyl (C=O) groups excluding carboxylic acids is 1. The fourth-order valence-electron chi connectivity index (χ4n) is 2.32. The van der Waals surface area contributed by atoms with Crippen LogP contribution in [0.5, 0.6) is 0 Å². The molecule has 1 heterocycles. The van der Waals surface area contributed by atoms with Gasteiger partial charge in [-0.25, -0.2) is 0 Å². The highest BCUT2D eigenvalue weighted by Crippen LogP contribution is 2.47. The molecule has 0 unspecified atom stereocenters. The van der Waals surface area contributed by atoms with E-state index in [-0.39, 0.29) is 5.91 Å². The van der Waals surface area contributed by atoms with Crippen LogP contribution in [0.3, 0.4) is 0 Å². The molecule has 0 radical (unpaired) electrons. The lowest BCUT2D eigenvalue weighted by Gasteiger charge is -2.04. The van der Waals surface area contributed by atoms with E-state index in [4.69, 9.17) is 9.15 Å². The molecule has 1 aromatic rings. The first-order chi connectivity index (χ1) is 9.70. The van der Waals surface area contributed by atoms with Crippen molar-refractivity contribution >= 4 is 5.91 Å². The zero-order valence-corrected chi connectivity index (χ0v) is 12.5. The summed E-state index contributed by atoms with van der Waals surface area (Å²) in [6.07, 6.45) is 3.26. The van der Waals surface area contributed by atoms with Gasteiger partial charge in [0, 0.05) is 38.5 Å². The number of amides is 1. The van der Waals surface area contributed by atoms with Crippen LogP contribution >= 0.6 is 0 Å². The van der Waals surface area contributed by atoms with Gasteiger partial charge < -0.3 is 14.5 Å². The second-order valence-corrected chi connectivity index (χ2v) is 5.52. The van der Waals surface area contributed by atoms with Gasteiger partial charge in [0.15, 0.2) is 0 Å². The highest BCUT2D eigenvalue weighted by Gasteiger charge is 2.36. The maximum atomic E-state index is 11.7. The summed E-state index contributed by atoms with van der Waals surface area (Å²) in [6.45, 7) is 6.33. The fraction of sp³-hybridized carbons (Fsp3) is 0.688. The third-order valence-electron chi connectivity index (χ3n) is 3.75. The van der Waals surface area contributed by atoms with Crippen molar-refractivity contribution in [3.05, 3.63) is 23.7 Å². The van der Waals surface area contributed by atoms with E-state index in [1.165, 1.54) is 6.42 Å². The monoisotopic (exact) mass is 279 g/mol. The van der Waals surface area contributed by atoms with Crippen LogP contribution in [-0.2, 0) is 16.0 Å². The summed E-state index contributed by atoms with van der Waals surface area (Å²) in [5.41, 5.74) is 0. The number of furan rings is 1. The van der Waals surface area contributed by atoms with Crippen molar-refractivity contribution in [1.29, 1.82) is 0 Å². The highest BCUT2D eigenvalue weighted by molar-refractivity contribution is 5.76. The second kappa shape index (κ2) is 7.48. The maximum Gasteiger partial charge on any atom is 0.220 e. The number of hydrogen-bond acceptors (Lipinski definition) is 3. The molecule has 1 aliphatic carbocycles. The zero-order valence-electron chi connectivity index (χ0n) is 12.5. The molecule has 0 bridgehead atoms. The fourth-order valence-corrected chi connectivity index (χ4v) is 2.32. The Hall–Kier alpha value is -1.29. The zero-order chi connectivity index (χ0) is 14.4. The Morgan fingerprint density at radius 3 is 3.00 bits per heavy atom. The van der Waals surface area contributed by atoms with Gasteiger partial charge in [-0.2, -0.15) is 0 Å². The molecule has 1 aromatic heterocycles. The van der Waals surface area contributed by atoms with E-state index in [0.717, 1.165) is 30.5 Å². The summed E-state index contributed by atoms with van der Waals surface area (Å²) in [5.74, 6) is 3.45. The predicted octanol–water partition coefficient (Wildman–Crippen LogP) is 2.88. The molecule has 1 aliphatic rings. The molecule has 0 saturated heterocycles. The summed E-state index contributed by atoms with van der Waals surface area (Å²) in [7, 11) is 0. The minimum absolute atomic E-state index is 0.0826. The third-order valence-corrected chi connectivity index (χ3v) is 3.75. The lowest BCUT2D eigenvalue weighted by atomic mass is 10.2. The molecule has 2 atom stereocenters. The van der Waals surface area contributed by atoms with Crippen molar-refractivity contribution in [1.82, 2.24) is 5.32 Å². The average molecular weight is 279 g/mol. The Morgan fingerprint density at radius 1 is 1.50 bits per heavy atom. The minimum atomic E-state index is 0.0826. The molecule has 1 N–H and O–H groups in total. The maximum absolute atomic E-state index is 11.7.